The summed E-state index contributed by atoms with van der Waals surface area (Å²) in [5, 5.41) is 11.2. The highest BCUT2D eigenvalue weighted by Crippen LogP contribution is 2.31. The van der Waals surface area contributed by atoms with E-state index in [2.05, 4.69) is 0 Å². The van der Waals surface area contributed by atoms with Gasteiger partial charge in [-0.25, -0.2) is 8.42 Å². The second kappa shape index (κ2) is 15.2. The molecule has 190 valence electrons. The van der Waals surface area contributed by atoms with Crippen LogP contribution in [0.25, 0.3) is 0 Å². The molecule has 0 spiro atoms. The van der Waals surface area contributed by atoms with Gasteiger partial charge in [-0.2, -0.15) is 0 Å². The minimum Gasteiger partial charge on any atom is -0.497 e. The van der Waals surface area contributed by atoms with Gasteiger partial charge in [0.15, 0.2) is 9.84 Å². The summed E-state index contributed by atoms with van der Waals surface area (Å²) in [5.74, 6) is 0.319. The number of carbonyl (C=O) groups excluding carboxylic acids is 1. The lowest BCUT2D eigenvalue weighted by Crippen LogP contribution is -2.29. The maximum Gasteiger partial charge on any atom is 0.269 e. The molecule has 0 saturated heterocycles. The molecule has 1 unspecified atom stereocenters. The summed E-state index contributed by atoms with van der Waals surface area (Å²) in [6, 6.07) is 10.8. The Kier molecular flexibility index (Phi) is 14.0. The van der Waals surface area contributed by atoms with Gasteiger partial charge in [0.2, 0.25) is 0 Å². The fraction of sp³-hybridized carbons (Fsp3) is 0.500. The molecule has 2 aromatic carbocycles. The summed E-state index contributed by atoms with van der Waals surface area (Å²) in [6.07, 6.45) is 2.96. The van der Waals surface area contributed by atoms with Crippen LogP contribution >= 0.6 is 0 Å². The standard InChI is InChI=1S/C22H27NO6S.2C2H6/c1-4-5-12-22(2,15-24)16-30(27,28)21-11-8-19(23(25)26)14-18(21)13-17-6-9-20(29-3)10-7-17;2*1-2/h6-11,14-15H,4-5,12-13,16H2,1-3H3;2*1-2H3. The largest absolute Gasteiger partial charge is 0.497 e. The molecule has 7 nitrogen and oxygen atoms in total. The van der Waals surface area contributed by atoms with Crippen molar-refractivity contribution in [2.75, 3.05) is 12.9 Å². The number of unbranched alkanes of at least 4 members (excludes halogenated alkanes) is 1. The van der Waals surface area contributed by atoms with Crippen LogP contribution in [0.3, 0.4) is 0 Å². The van der Waals surface area contributed by atoms with Crippen LogP contribution in [0.2, 0.25) is 0 Å². The monoisotopic (exact) mass is 493 g/mol. The molecule has 8 heteroatoms. The van der Waals surface area contributed by atoms with E-state index < -0.39 is 20.2 Å². The van der Waals surface area contributed by atoms with Gasteiger partial charge in [0.25, 0.3) is 5.69 Å². The first kappa shape index (κ1) is 31.3. The lowest BCUT2D eigenvalue weighted by atomic mass is 9.89. The average molecular weight is 494 g/mol. The van der Waals surface area contributed by atoms with Crippen LogP contribution in [0.15, 0.2) is 47.4 Å². The van der Waals surface area contributed by atoms with Crippen LogP contribution in [0.4, 0.5) is 5.69 Å². The molecule has 0 heterocycles. The van der Waals surface area contributed by atoms with E-state index in [9.17, 15) is 23.3 Å². The summed E-state index contributed by atoms with van der Waals surface area (Å²) in [6.45, 7) is 11.6. The number of hydrogen-bond donors (Lipinski definition) is 0. The van der Waals surface area contributed by atoms with E-state index in [1.807, 2.05) is 34.6 Å². The molecule has 0 aliphatic carbocycles. The lowest BCUT2D eigenvalue weighted by Gasteiger charge is -2.23. The Balaban J connectivity index is 0.00000258. The Labute approximate surface area is 204 Å². The van der Waals surface area contributed by atoms with Crippen molar-refractivity contribution in [3.63, 3.8) is 0 Å². The zero-order valence-electron chi connectivity index (χ0n) is 21.5. The quantitative estimate of drug-likeness (QED) is 0.203. The number of hydrogen-bond acceptors (Lipinski definition) is 6. The molecule has 0 aromatic heterocycles. The molecule has 2 rings (SSSR count). The van der Waals surface area contributed by atoms with Crippen LogP contribution < -0.4 is 4.74 Å². The first-order chi connectivity index (χ1) is 16.1. The number of non-ortho nitro benzene ring substituents is 1. The van der Waals surface area contributed by atoms with Crippen molar-refractivity contribution < 1.29 is 22.9 Å². The number of nitrogens with zero attached hydrogens (tertiary/aromatic N) is 1. The Bertz CT molecular complexity index is 1000. The number of rotatable bonds is 11. The summed E-state index contributed by atoms with van der Waals surface area (Å²) >= 11 is 0. The summed E-state index contributed by atoms with van der Waals surface area (Å²) in [5.41, 5.74) is -0.0647. The van der Waals surface area contributed by atoms with Gasteiger partial charge in [-0.1, -0.05) is 66.5 Å². The molecular weight excluding hydrogens is 454 g/mol. The summed E-state index contributed by atoms with van der Waals surface area (Å²) in [4.78, 5) is 22.4. The van der Waals surface area contributed by atoms with Crippen molar-refractivity contribution in [3.05, 3.63) is 63.7 Å². The molecule has 0 bridgehead atoms. The van der Waals surface area contributed by atoms with Gasteiger partial charge in [-0.05, 0) is 42.2 Å². The minimum absolute atomic E-state index is 0.0218. The number of ether oxygens (including phenoxy) is 1. The summed E-state index contributed by atoms with van der Waals surface area (Å²) < 4.78 is 31.6. The smallest absolute Gasteiger partial charge is 0.269 e. The highest BCUT2D eigenvalue weighted by atomic mass is 32.2. The molecular formula is C26H39NO6S. The van der Waals surface area contributed by atoms with Crippen molar-refractivity contribution >= 4 is 21.8 Å². The molecule has 0 aliphatic heterocycles. The number of benzene rings is 2. The second-order valence-electron chi connectivity index (χ2n) is 7.71. The topological polar surface area (TPSA) is 104 Å². The maximum atomic E-state index is 13.2. The average Bonchev–Trinajstić information content (AvgIpc) is 2.85. The molecule has 34 heavy (non-hydrogen) atoms. The van der Waals surface area contributed by atoms with Gasteiger partial charge < -0.3 is 9.53 Å². The molecule has 0 saturated carbocycles. The lowest BCUT2D eigenvalue weighted by molar-refractivity contribution is -0.385. The van der Waals surface area contributed by atoms with E-state index in [4.69, 9.17) is 4.74 Å². The zero-order valence-corrected chi connectivity index (χ0v) is 22.3. The first-order valence-electron chi connectivity index (χ1n) is 11.7. The van der Waals surface area contributed by atoms with Crippen LogP contribution in [0.1, 0.15) is 71.9 Å². The van der Waals surface area contributed by atoms with E-state index in [1.165, 1.54) is 18.2 Å². The number of aldehydes is 1. The first-order valence-corrected chi connectivity index (χ1v) is 13.4. The third-order valence-electron chi connectivity index (χ3n) is 5.05. The fourth-order valence-corrected chi connectivity index (χ4v) is 5.38. The Morgan fingerprint density at radius 3 is 2.12 bits per heavy atom. The highest BCUT2D eigenvalue weighted by molar-refractivity contribution is 7.91. The van der Waals surface area contributed by atoms with Gasteiger partial charge in [0.1, 0.15) is 12.0 Å². The predicted octanol–water partition coefficient (Wildman–Crippen LogP) is 6.42. The van der Waals surface area contributed by atoms with Gasteiger partial charge >= 0.3 is 0 Å². The van der Waals surface area contributed by atoms with Gasteiger partial charge in [0.05, 0.1) is 22.7 Å². The van der Waals surface area contributed by atoms with E-state index in [0.717, 1.165) is 18.4 Å². The van der Waals surface area contributed by atoms with Crippen LogP contribution in [0, 0.1) is 15.5 Å². The highest BCUT2D eigenvalue weighted by Gasteiger charge is 2.33. The molecule has 0 fully saturated rings. The predicted molar refractivity (Wildman–Crippen MR) is 137 cm³/mol. The molecule has 0 amide bonds. The van der Waals surface area contributed by atoms with Gasteiger partial charge in [-0.15, -0.1) is 0 Å². The number of nitro benzene ring substituents is 1. The maximum absolute atomic E-state index is 13.2. The van der Waals surface area contributed by atoms with Crippen molar-refractivity contribution in [1.29, 1.82) is 0 Å². The van der Waals surface area contributed by atoms with Crippen molar-refractivity contribution in [1.82, 2.24) is 0 Å². The van der Waals surface area contributed by atoms with E-state index in [1.54, 1.807) is 38.3 Å². The second-order valence-corrected chi connectivity index (χ2v) is 9.67. The third kappa shape index (κ3) is 9.25. The SMILES string of the molecule is CC.CC.CCCCC(C)(C=O)CS(=O)(=O)c1ccc([N+](=O)[O-])cc1Cc1ccc(OC)cc1. The van der Waals surface area contributed by atoms with Gasteiger partial charge in [-0.3, -0.25) is 10.1 Å². The van der Waals surface area contributed by atoms with Crippen LogP contribution in [-0.2, 0) is 21.1 Å². The number of nitro groups is 1. The van der Waals surface area contributed by atoms with Crippen molar-refractivity contribution in [2.24, 2.45) is 5.41 Å². The number of methoxy groups -OCH3 is 1. The number of sulfone groups is 1. The van der Waals surface area contributed by atoms with Gasteiger partial charge in [0, 0.05) is 17.5 Å². The Morgan fingerprint density at radius 2 is 1.65 bits per heavy atom. The third-order valence-corrected chi connectivity index (χ3v) is 7.16. The Morgan fingerprint density at radius 1 is 1.06 bits per heavy atom. The Hall–Kier alpha value is -2.74. The van der Waals surface area contributed by atoms with E-state index in [0.29, 0.717) is 24.0 Å². The normalized spacial score (nSPS) is 12.2. The van der Waals surface area contributed by atoms with E-state index >= 15 is 0 Å². The van der Waals surface area contributed by atoms with Crippen LogP contribution in [0.5, 0.6) is 5.75 Å². The van der Waals surface area contributed by atoms with Crippen molar-refractivity contribution in [3.8, 4) is 5.75 Å². The molecule has 1 atom stereocenters. The number of carbonyl (C=O) groups is 1. The fourth-order valence-electron chi connectivity index (χ4n) is 3.34. The van der Waals surface area contributed by atoms with E-state index in [-0.39, 0.29) is 22.8 Å². The van der Waals surface area contributed by atoms with Crippen LogP contribution in [-0.4, -0.2) is 32.5 Å². The molecule has 0 N–H and O–H groups in total. The summed E-state index contributed by atoms with van der Waals surface area (Å²) in [7, 11) is -2.30. The molecule has 0 radical (unpaired) electrons. The zero-order chi connectivity index (χ0) is 26.4. The van der Waals surface area contributed by atoms with Crippen molar-refractivity contribution in [2.45, 2.75) is 72.1 Å². The molecule has 2 aromatic rings. The minimum atomic E-state index is -3.85. The molecule has 0 aliphatic rings.